The molecule has 0 aliphatic carbocycles. The van der Waals surface area contributed by atoms with E-state index in [1.54, 1.807) is 0 Å². The van der Waals surface area contributed by atoms with Crippen LogP contribution in [0.1, 0.15) is 22.7 Å². The van der Waals surface area contributed by atoms with Crippen LogP contribution in [0.3, 0.4) is 0 Å². The highest BCUT2D eigenvalue weighted by Gasteiger charge is 2.15. The number of aromatic nitrogens is 1. The van der Waals surface area contributed by atoms with E-state index in [4.69, 9.17) is 0 Å². The van der Waals surface area contributed by atoms with E-state index in [1.807, 2.05) is 24.6 Å². The fourth-order valence-corrected chi connectivity index (χ4v) is 3.08. The molecule has 0 bridgehead atoms. The molecular formula is C11H19N3S. The van der Waals surface area contributed by atoms with E-state index >= 15 is 0 Å². The summed E-state index contributed by atoms with van der Waals surface area (Å²) in [6.45, 7) is 3.31. The van der Waals surface area contributed by atoms with E-state index in [1.165, 1.54) is 42.2 Å². The summed E-state index contributed by atoms with van der Waals surface area (Å²) in [6, 6.07) is 0. The van der Waals surface area contributed by atoms with Gasteiger partial charge >= 0.3 is 0 Å². The lowest BCUT2D eigenvalue weighted by Crippen LogP contribution is -2.28. The first-order valence-electron chi connectivity index (χ1n) is 5.67. The van der Waals surface area contributed by atoms with Crippen LogP contribution in [-0.2, 0) is 13.0 Å². The molecule has 1 aliphatic heterocycles. The Morgan fingerprint density at radius 3 is 3.07 bits per heavy atom. The van der Waals surface area contributed by atoms with E-state index in [0.717, 1.165) is 12.5 Å². The Morgan fingerprint density at radius 1 is 1.53 bits per heavy atom. The van der Waals surface area contributed by atoms with Crippen LogP contribution in [0.2, 0.25) is 0 Å². The maximum atomic E-state index is 4.49. The van der Waals surface area contributed by atoms with Crippen LogP contribution < -0.4 is 10.6 Å². The molecule has 2 rings (SSSR count). The Bertz CT molecular complexity index is 292. The summed E-state index contributed by atoms with van der Waals surface area (Å²) in [5.74, 6) is 0.847. The summed E-state index contributed by atoms with van der Waals surface area (Å²) in [6.07, 6.45) is 5.80. The van der Waals surface area contributed by atoms with Gasteiger partial charge in [-0.05, 0) is 38.9 Å². The van der Waals surface area contributed by atoms with Crippen LogP contribution in [-0.4, -0.2) is 25.1 Å². The molecule has 0 aromatic carbocycles. The first kappa shape index (κ1) is 11.0. The number of hydrogen-bond acceptors (Lipinski definition) is 4. The Morgan fingerprint density at radius 2 is 2.33 bits per heavy atom. The number of nitrogens with zero attached hydrogens (tertiary/aromatic N) is 1. The molecule has 4 heteroatoms. The third-order valence-corrected chi connectivity index (χ3v) is 3.89. The summed E-state index contributed by atoms with van der Waals surface area (Å²) in [5.41, 5.74) is 0. The van der Waals surface area contributed by atoms with E-state index < -0.39 is 0 Å². The average molecular weight is 225 g/mol. The standard InChI is InChI=1S/C11H19N3S/c1-12-7-10-8-14-11(15-10)6-9-2-4-13-5-3-9/h8-9,12-13H,2-7H2,1H3. The van der Waals surface area contributed by atoms with Gasteiger partial charge in [-0.1, -0.05) is 0 Å². The van der Waals surface area contributed by atoms with Crippen LogP contribution in [0, 0.1) is 5.92 Å². The second-order valence-electron chi connectivity index (χ2n) is 4.15. The molecule has 1 aromatic rings. The van der Waals surface area contributed by atoms with Crippen molar-refractivity contribution in [1.29, 1.82) is 0 Å². The first-order chi connectivity index (χ1) is 7.38. The van der Waals surface area contributed by atoms with Crippen molar-refractivity contribution < 1.29 is 0 Å². The van der Waals surface area contributed by atoms with Crippen LogP contribution in [0.4, 0.5) is 0 Å². The van der Waals surface area contributed by atoms with Crippen molar-refractivity contribution >= 4 is 11.3 Å². The lowest BCUT2D eigenvalue weighted by molar-refractivity contribution is 0.372. The monoisotopic (exact) mass is 225 g/mol. The lowest BCUT2D eigenvalue weighted by atomic mass is 9.95. The van der Waals surface area contributed by atoms with Gasteiger partial charge in [-0.3, -0.25) is 0 Å². The van der Waals surface area contributed by atoms with Gasteiger partial charge in [-0.25, -0.2) is 4.98 Å². The molecule has 0 radical (unpaired) electrons. The predicted molar refractivity (Wildman–Crippen MR) is 64.2 cm³/mol. The Labute approximate surface area is 95.3 Å². The summed E-state index contributed by atoms with van der Waals surface area (Å²) in [5, 5.41) is 7.87. The highest BCUT2D eigenvalue weighted by molar-refractivity contribution is 7.11. The second-order valence-corrected chi connectivity index (χ2v) is 5.35. The number of thiazole rings is 1. The molecule has 2 N–H and O–H groups in total. The molecule has 1 fully saturated rings. The highest BCUT2D eigenvalue weighted by Crippen LogP contribution is 2.21. The molecule has 0 amide bonds. The van der Waals surface area contributed by atoms with Gasteiger partial charge in [0.1, 0.15) is 0 Å². The Balaban J connectivity index is 1.86. The minimum absolute atomic E-state index is 0.847. The molecule has 1 saturated heterocycles. The molecule has 0 atom stereocenters. The van der Waals surface area contributed by atoms with Gasteiger partial charge in [-0.2, -0.15) is 0 Å². The molecule has 0 spiro atoms. The first-order valence-corrected chi connectivity index (χ1v) is 6.49. The summed E-state index contributed by atoms with van der Waals surface area (Å²) < 4.78 is 0. The Hall–Kier alpha value is -0.450. The molecule has 1 aromatic heterocycles. The topological polar surface area (TPSA) is 37.0 Å². The zero-order valence-electron chi connectivity index (χ0n) is 9.25. The van der Waals surface area contributed by atoms with Crippen molar-refractivity contribution in [3.63, 3.8) is 0 Å². The van der Waals surface area contributed by atoms with Crippen molar-refractivity contribution in [1.82, 2.24) is 15.6 Å². The fraction of sp³-hybridized carbons (Fsp3) is 0.727. The van der Waals surface area contributed by atoms with Crippen molar-refractivity contribution in [3.05, 3.63) is 16.1 Å². The SMILES string of the molecule is CNCc1cnc(CC2CCNCC2)s1. The number of piperidine rings is 1. The molecule has 1 aliphatic rings. The van der Waals surface area contributed by atoms with Crippen molar-refractivity contribution in [2.45, 2.75) is 25.8 Å². The van der Waals surface area contributed by atoms with Gasteiger partial charge in [0.05, 0.1) is 5.01 Å². The van der Waals surface area contributed by atoms with Crippen LogP contribution in [0.15, 0.2) is 6.20 Å². The lowest BCUT2D eigenvalue weighted by Gasteiger charge is -2.21. The smallest absolute Gasteiger partial charge is 0.0930 e. The molecule has 0 unspecified atom stereocenters. The zero-order valence-corrected chi connectivity index (χ0v) is 10.1. The molecule has 3 nitrogen and oxygen atoms in total. The van der Waals surface area contributed by atoms with E-state index in [0.29, 0.717) is 0 Å². The van der Waals surface area contributed by atoms with Gasteiger partial charge < -0.3 is 10.6 Å². The van der Waals surface area contributed by atoms with Gasteiger partial charge in [0.15, 0.2) is 0 Å². The normalized spacial score (nSPS) is 18.2. The summed E-state index contributed by atoms with van der Waals surface area (Å²) in [4.78, 5) is 5.84. The van der Waals surface area contributed by atoms with Gasteiger partial charge in [-0.15, -0.1) is 11.3 Å². The zero-order chi connectivity index (χ0) is 10.5. The maximum Gasteiger partial charge on any atom is 0.0930 e. The molecule has 0 saturated carbocycles. The highest BCUT2D eigenvalue weighted by atomic mass is 32.1. The van der Waals surface area contributed by atoms with Gasteiger partial charge in [0, 0.05) is 24.0 Å². The minimum Gasteiger partial charge on any atom is -0.317 e. The third-order valence-electron chi connectivity index (χ3n) is 2.87. The largest absolute Gasteiger partial charge is 0.317 e. The minimum atomic E-state index is 0.847. The van der Waals surface area contributed by atoms with Crippen molar-refractivity contribution in [2.75, 3.05) is 20.1 Å². The summed E-state index contributed by atoms with van der Waals surface area (Å²) >= 11 is 1.86. The molecule has 15 heavy (non-hydrogen) atoms. The Kier molecular flexibility index (Phi) is 4.11. The van der Waals surface area contributed by atoms with Gasteiger partial charge in [0.25, 0.3) is 0 Å². The quantitative estimate of drug-likeness (QED) is 0.813. The molecule has 84 valence electrons. The number of hydrogen-bond donors (Lipinski definition) is 2. The van der Waals surface area contributed by atoms with E-state index in [-0.39, 0.29) is 0 Å². The van der Waals surface area contributed by atoms with E-state index in [9.17, 15) is 0 Å². The van der Waals surface area contributed by atoms with Gasteiger partial charge in [0.2, 0.25) is 0 Å². The molecular weight excluding hydrogens is 206 g/mol. The third kappa shape index (κ3) is 3.26. The fourth-order valence-electron chi connectivity index (χ4n) is 2.03. The number of rotatable bonds is 4. The van der Waals surface area contributed by atoms with Crippen molar-refractivity contribution in [3.8, 4) is 0 Å². The average Bonchev–Trinajstić information content (AvgIpc) is 2.68. The van der Waals surface area contributed by atoms with Crippen LogP contribution in [0.5, 0.6) is 0 Å². The van der Waals surface area contributed by atoms with Crippen LogP contribution >= 0.6 is 11.3 Å². The summed E-state index contributed by atoms with van der Waals surface area (Å²) in [7, 11) is 1.98. The second kappa shape index (κ2) is 5.58. The number of nitrogens with one attached hydrogen (secondary N) is 2. The van der Waals surface area contributed by atoms with Crippen molar-refractivity contribution in [2.24, 2.45) is 5.92 Å². The molecule has 2 heterocycles. The van der Waals surface area contributed by atoms with Crippen LogP contribution in [0.25, 0.3) is 0 Å². The predicted octanol–water partition coefficient (Wildman–Crippen LogP) is 1.40. The van der Waals surface area contributed by atoms with E-state index in [2.05, 4.69) is 15.6 Å². The maximum absolute atomic E-state index is 4.49.